The normalized spacial score (nSPS) is 26.5. The molecule has 5 heteroatoms. The van der Waals surface area contributed by atoms with E-state index in [1.54, 1.807) is 12.1 Å². The number of piperidine rings is 1. The third kappa shape index (κ3) is 2.87. The van der Waals surface area contributed by atoms with Crippen molar-refractivity contribution in [3.63, 3.8) is 0 Å². The fourth-order valence-electron chi connectivity index (χ4n) is 3.70. The van der Waals surface area contributed by atoms with Gasteiger partial charge in [-0.1, -0.05) is 11.6 Å². The van der Waals surface area contributed by atoms with E-state index in [0.717, 1.165) is 32.6 Å². The van der Waals surface area contributed by atoms with Crippen LogP contribution >= 0.6 is 11.6 Å². The number of aromatic hydroxyl groups is 1. The smallest absolute Gasteiger partial charge is 0.253 e. The van der Waals surface area contributed by atoms with Crippen LogP contribution in [-0.4, -0.2) is 54.0 Å². The van der Waals surface area contributed by atoms with E-state index in [9.17, 15) is 9.90 Å². The van der Waals surface area contributed by atoms with Gasteiger partial charge in [0.15, 0.2) is 0 Å². The second-order valence-electron chi connectivity index (χ2n) is 6.48. The quantitative estimate of drug-likeness (QED) is 0.867. The van der Waals surface area contributed by atoms with E-state index in [-0.39, 0.29) is 22.1 Å². The molecule has 1 atom stereocenters. The molecule has 0 radical (unpaired) electrons. The van der Waals surface area contributed by atoms with Crippen LogP contribution < -0.4 is 0 Å². The van der Waals surface area contributed by atoms with E-state index in [1.807, 2.05) is 4.90 Å². The molecule has 0 saturated carbocycles. The number of rotatable bonds is 1. The SMILES string of the molecule is CN1CC[C@]2(CCCN(C(=O)c3ccc(O)c(Cl)c3)C2)C1. The van der Waals surface area contributed by atoms with Crippen molar-refractivity contribution in [2.24, 2.45) is 5.41 Å². The first kappa shape index (κ1) is 14.7. The van der Waals surface area contributed by atoms with Crippen LogP contribution in [0.5, 0.6) is 5.75 Å². The van der Waals surface area contributed by atoms with Gasteiger partial charge in [-0.15, -0.1) is 0 Å². The minimum absolute atomic E-state index is 0.0146. The van der Waals surface area contributed by atoms with Crippen molar-refractivity contribution in [2.75, 3.05) is 33.2 Å². The van der Waals surface area contributed by atoms with Crippen LogP contribution in [0.3, 0.4) is 0 Å². The molecule has 2 heterocycles. The number of phenols is 1. The summed E-state index contributed by atoms with van der Waals surface area (Å²) in [6.45, 7) is 3.83. The highest BCUT2D eigenvalue weighted by Crippen LogP contribution is 2.38. The van der Waals surface area contributed by atoms with Crippen molar-refractivity contribution < 1.29 is 9.90 Å². The zero-order chi connectivity index (χ0) is 15.0. The summed E-state index contributed by atoms with van der Waals surface area (Å²) in [5.41, 5.74) is 0.824. The molecular formula is C16H21ClN2O2. The number of carbonyl (C=O) groups excluding carboxylic acids is 1. The van der Waals surface area contributed by atoms with E-state index in [2.05, 4.69) is 11.9 Å². The maximum atomic E-state index is 12.7. The number of hydrogen-bond donors (Lipinski definition) is 1. The first-order chi connectivity index (χ1) is 9.99. The number of benzene rings is 1. The topological polar surface area (TPSA) is 43.8 Å². The van der Waals surface area contributed by atoms with Gasteiger partial charge >= 0.3 is 0 Å². The molecule has 114 valence electrons. The number of halogens is 1. The van der Waals surface area contributed by atoms with Crippen molar-refractivity contribution in [1.29, 1.82) is 0 Å². The van der Waals surface area contributed by atoms with Crippen LogP contribution in [0.15, 0.2) is 18.2 Å². The summed E-state index contributed by atoms with van der Waals surface area (Å²) in [6.07, 6.45) is 3.44. The summed E-state index contributed by atoms with van der Waals surface area (Å²) in [6, 6.07) is 4.69. The molecule has 1 amide bonds. The van der Waals surface area contributed by atoms with Crippen molar-refractivity contribution in [3.8, 4) is 5.75 Å². The molecule has 1 aromatic rings. The molecule has 0 aromatic heterocycles. The second kappa shape index (κ2) is 5.50. The standard InChI is InChI=1S/C16H21ClN2O2/c1-18-8-6-16(10-18)5-2-7-19(11-16)15(21)12-3-4-14(20)13(17)9-12/h3-4,9,20H,2,5-8,10-11H2,1H3/t16-/m1/s1. The zero-order valence-corrected chi connectivity index (χ0v) is 13.1. The van der Waals surface area contributed by atoms with Crippen molar-refractivity contribution in [1.82, 2.24) is 9.80 Å². The van der Waals surface area contributed by atoms with Gasteiger partial charge in [0.25, 0.3) is 5.91 Å². The molecule has 0 unspecified atom stereocenters. The molecule has 4 nitrogen and oxygen atoms in total. The first-order valence-electron chi connectivity index (χ1n) is 7.45. The third-order valence-electron chi connectivity index (χ3n) is 4.77. The minimum Gasteiger partial charge on any atom is -0.506 e. The van der Waals surface area contributed by atoms with Crippen LogP contribution in [0.4, 0.5) is 0 Å². The second-order valence-corrected chi connectivity index (χ2v) is 6.89. The lowest BCUT2D eigenvalue weighted by Crippen LogP contribution is -2.47. The van der Waals surface area contributed by atoms with Crippen LogP contribution in [0.1, 0.15) is 29.6 Å². The number of phenolic OH excluding ortho intramolecular Hbond substituents is 1. The highest BCUT2D eigenvalue weighted by Gasteiger charge is 2.41. The van der Waals surface area contributed by atoms with E-state index in [4.69, 9.17) is 11.6 Å². The number of nitrogens with zero attached hydrogens (tertiary/aromatic N) is 2. The van der Waals surface area contributed by atoms with E-state index in [0.29, 0.717) is 5.56 Å². The summed E-state index contributed by atoms with van der Waals surface area (Å²) >= 11 is 5.91. The average molecular weight is 309 g/mol. The van der Waals surface area contributed by atoms with Gasteiger partial charge in [0.1, 0.15) is 5.75 Å². The number of likely N-dealkylation sites (tertiary alicyclic amines) is 2. The molecule has 0 aliphatic carbocycles. The number of amides is 1. The van der Waals surface area contributed by atoms with E-state index >= 15 is 0 Å². The molecular weight excluding hydrogens is 288 g/mol. The van der Waals surface area contributed by atoms with Gasteiger partial charge in [-0.25, -0.2) is 0 Å². The Morgan fingerprint density at radius 2 is 2.10 bits per heavy atom. The molecule has 2 saturated heterocycles. The fourth-order valence-corrected chi connectivity index (χ4v) is 3.88. The van der Waals surface area contributed by atoms with Gasteiger partial charge in [0.2, 0.25) is 0 Å². The fraction of sp³-hybridized carbons (Fsp3) is 0.562. The van der Waals surface area contributed by atoms with Gasteiger partial charge in [-0.05, 0) is 51.1 Å². The molecule has 2 fully saturated rings. The van der Waals surface area contributed by atoms with Crippen LogP contribution in [0.2, 0.25) is 5.02 Å². The highest BCUT2D eigenvalue weighted by molar-refractivity contribution is 6.32. The number of hydrogen-bond acceptors (Lipinski definition) is 3. The Hall–Kier alpha value is -1.26. The maximum absolute atomic E-state index is 12.7. The Morgan fingerprint density at radius 1 is 1.29 bits per heavy atom. The Bertz CT molecular complexity index is 559. The molecule has 2 aliphatic heterocycles. The lowest BCUT2D eigenvalue weighted by molar-refractivity contribution is 0.0534. The predicted octanol–water partition coefficient (Wildman–Crippen LogP) is 2.60. The summed E-state index contributed by atoms with van der Waals surface area (Å²) in [5.74, 6) is 0.0336. The van der Waals surface area contributed by atoms with E-state index in [1.165, 1.54) is 18.9 Å². The Balaban J connectivity index is 1.76. The van der Waals surface area contributed by atoms with Gasteiger partial charge in [-0.2, -0.15) is 0 Å². The maximum Gasteiger partial charge on any atom is 0.253 e. The van der Waals surface area contributed by atoms with Gasteiger partial charge < -0.3 is 14.9 Å². The Morgan fingerprint density at radius 3 is 2.76 bits per heavy atom. The lowest BCUT2D eigenvalue weighted by atomic mass is 9.79. The van der Waals surface area contributed by atoms with Crippen LogP contribution in [-0.2, 0) is 0 Å². The number of carbonyl (C=O) groups is 1. The van der Waals surface area contributed by atoms with Crippen molar-refractivity contribution in [3.05, 3.63) is 28.8 Å². The van der Waals surface area contributed by atoms with Crippen molar-refractivity contribution in [2.45, 2.75) is 19.3 Å². The third-order valence-corrected chi connectivity index (χ3v) is 5.08. The zero-order valence-electron chi connectivity index (χ0n) is 12.3. The van der Waals surface area contributed by atoms with Crippen LogP contribution in [0, 0.1) is 5.41 Å². The predicted molar refractivity (Wildman–Crippen MR) is 82.8 cm³/mol. The Labute approximate surface area is 130 Å². The molecule has 0 bridgehead atoms. The van der Waals surface area contributed by atoms with E-state index < -0.39 is 0 Å². The summed E-state index contributed by atoms with van der Waals surface area (Å²) in [5, 5.41) is 9.70. The van der Waals surface area contributed by atoms with Gasteiger partial charge in [-0.3, -0.25) is 4.79 Å². The Kier molecular flexibility index (Phi) is 3.84. The highest BCUT2D eigenvalue weighted by atomic mass is 35.5. The first-order valence-corrected chi connectivity index (χ1v) is 7.83. The molecule has 1 spiro atoms. The van der Waals surface area contributed by atoms with Gasteiger partial charge in [0.05, 0.1) is 5.02 Å². The monoisotopic (exact) mass is 308 g/mol. The molecule has 1 N–H and O–H groups in total. The molecule has 3 rings (SSSR count). The lowest BCUT2D eigenvalue weighted by Gasteiger charge is -2.40. The summed E-state index contributed by atoms with van der Waals surface area (Å²) < 4.78 is 0. The van der Waals surface area contributed by atoms with Crippen molar-refractivity contribution >= 4 is 17.5 Å². The summed E-state index contributed by atoms with van der Waals surface area (Å²) in [7, 11) is 2.15. The molecule has 1 aromatic carbocycles. The summed E-state index contributed by atoms with van der Waals surface area (Å²) in [4.78, 5) is 17.0. The van der Waals surface area contributed by atoms with Crippen LogP contribution in [0.25, 0.3) is 0 Å². The van der Waals surface area contributed by atoms with Gasteiger partial charge in [0, 0.05) is 30.6 Å². The average Bonchev–Trinajstić information content (AvgIpc) is 2.81. The minimum atomic E-state index is 0.0146. The largest absolute Gasteiger partial charge is 0.506 e. The molecule has 2 aliphatic rings. The molecule has 21 heavy (non-hydrogen) atoms.